The lowest BCUT2D eigenvalue weighted by molar-refractivity contribution is 0.112. The molecule has 2 rings (SSSR count). The molecule has 0 bridgehead atoms. The molecule has 0 aromatic heterocycles. The molecule has 0 heterocycles. The van der Waals surface area contributed by atoms with Crippen LogP contribution in [0.3, 0.4) is 0 Å². The molecule has 0 saturated heterocycles. The van der Waals surface area contributed by atoms with Gasteiger partial charge in [0.15, 0.2) is 6.29 Å². The molecule has 0 N–H and O–H groups in total. The second-order valence-electron chi connectivity index (χ2n) is 3.36. The molecule has 0 radical (unpaired) electrons. The summed E-state index contributed by atoms with van der Waals surface area (Å²) in [6, 6.07) is 12.5. The van der Waals surface area contributed by atoms with Crippen LogP contribution in [0, 0.1) is 3.57 Å². The monoisotopic (exact) mass is 358 g/mol. The molecular formula is C13H8ClIO2. The standard InChI is InChI=1S/C13H8ClIO2/c14-10-2-1-9(8-16)13(7-10)17-12-5-3-11(15)4-6-12/h1-8H. The summed E-state index contributed by atoms with van der Waals surface area (Å²) in [7, 11) is 0. The lowest BCUT2D eigenvalue weighted by Gasteiger charge is -2.08. The molecule has 17 heavy (non-hydrogen) atoms. The van der Waals surface area contributed by atoms with Crippen LogP contribution in [0.15, 0.2) is 42.5 Å². The predicted molar refractivity (Wildman–Crippen MR) is 76.1 cm³/mol. The molecule has 86 valence electrons. The van der Waals surface area contributed by atoms with Crippen LogP contribution < -0.4 is 4.74 Å². The highest BCUT2D eigenvalue weighted by molar-refractivity contribution is 14.1. The van der Waals surface area contributed by atoms with Crippen LogP contribution in [0.25, 0.3) is 0 Å². The van der Waals surface area contributed by atoms with Crippen LogP contribution in [0.2, 0.25) is 5.02 Å². The Bertz CT molecular complexity index is 538. The molecule has 0 aliphatic rings. The average Bonchev–Trinajstić information content (AvgIpc) is 2.32. The first-order chi connectivity index (χ1) is 8.19. The van der Waals surface area contributed by atoms with Crippen molar-refractivity contribution in [3.8, 4) is 11.5 Å². The Balaban J connectivity index is 2.31. The Morgan fingerprint density at radius 1 is 1.12 bits per heavy atom. The predicted octanol–water partition coefficient (Wildman–Crippen LogP) is 4.55. The van der Waals surface area contributed by atoms with E-state index in [0.717, 1.165) is 9.86 Å². The fourth-order valence-electron chi connectivity index (χ4n) is 1.32. The Morgan fingerprint density at radius 3 is 2.47 bits per heavy atom. The summed E-state index contributed by atoms with van der Waals surface area (Å²) in [5.74, 6) is 1.14. The lowest BCUT2D eigenvalue weighted by Crippen LogP contribution is -1.90. The maximum Gasteiger partial charge on any atom is 0.153 e. The first kappa shape index (κ1) is 12.4. The Labute approximate surface area is 118 Å². The molecule has 0 saturated carbocycles. The third kappa shape index (κ3) is 3.20. The van der Waals surface area contributed by atoms with Crippen LogP contribution in [0.5, 0.6) is 11.5 Å². The van der Waals surface area contributed by atoms with Gasteiger partial charge in [0.2, 0.25) is 0 Å². The van der Waals surface area contributed by atoms with Crippen molar-refractivity contribution < 1.29 is 9.53 Å². The summed E-state index contributed by atoms with van der Waals surface area (Å²) in [5, 5.41) is 0.538. The van der Waals surface area contributed by atoms with Gasteiger partial charge in [-0.25, -0.2) is 0 Å². The maximum atomic E-state index is 10.9. The van der Waals surface area contributed by atoms with Gasteiger partial charge in [0.05, 0.1) is 5.56 Å². The maximum absolute atomic E-state index is 10.9. The molecule has 0 unspecified atom stereocenters. The van der Waals surface area contributed by atoms with Crippen molar-refractivity contribution >= 4 is 40.5 Å². The number of benzene rings is 2. The van der Waals surface area contributed by atoms with Gasteiger partial charge in [-0.15, -0.1) is 0 Å². The number of carbonyl (C=O) groups excluding carboxylic acids is 1. The smallest absolute Gasteiger partial charge is 0.153 e. The Kier molecular flexibility index (Phi) is 4.02. The van der Waals surface area contributed by atoms with E-state index in [1.54, 1.807) is 18.2 Å². The fourth-order valence-corrected chi connectivity index (χ4v) is 1.85. The van der Waals surface area contributed by atoms with Gasteiger partial charge in [0.25, 0.3) is 0 Å². The number of hydrogen-bond donors (Lipinski definition) is 0. The Morgan fingerprint density at radius 2 is 1.82 bits per heavy atom. The zero-order chi connectivity index (χ0) is 12.3. The second kappa shape index (κ2) is 5.51. The van der Waals surface area contributed by atoms with Gasteiger partial charge in [-0.3, -0.25) is 4.79 Å². The van der Waals surface area contributed by atoms with Crippen LogP contribution in [0.1, 0.15) is 10.4 Å². The van der Waals surface area contributed by atoms with Crippen molar-refractivity contribution in [2.24, 2.45) is 0 Å². The normalized spacial score (nSPS) is 10.0. The zero-order valence-corrected chi connectivity index (χ0v) is 11.6. The topological polar surface area (TPSA) is 26.3 Å². The molecule has 0 amide bonds. The van der Waals surface area contributed by atoms with Crippen molar-refractivity contribution in [2.45, 2.75) is 0 Å². The van der Waals surface area contributed by atoms with Gasteiger partial charge < -0.3 is 4.74 Å². The molecule has 0 atom stereocenters. The van der Waals surface area contributed by atoms with Crippen molar-refractivity contribution in [1.82, 2.24) is 0 Å². The zero-order valence-electron chi connectivity index (χ0n) is 8.69. The molecule has 0 spiro atoms. The van der Waals surface area contributed by atoms with E-state index in [4.69, 9.17) is 16.3 Å². The van der Waals surface area contributed by atoms with Crippen molar-refractivity contribution in [1.29, 1.82) is 0 Å². The Hall–Kier alpha value is -1.07. The highest BCUT2D eigenvalue weighted by Crippen LogP contribution is 2.27. The summed E-state index contributed by atoms with van der Waals surface area (Å²) in [4.78, 5) is 10.9. The fraction of sp³-hybridized carbons (Fsp3) is 0. The minimum atomic E-state index is 0.466. The first-order valence-electron chi connectivity index (χ1n) is 4.87. The SMILES string of the molecule is O=Cc1ccc(Cl)cc1Oc1ccc(I)cc1. The summed E-state index contributed by atoms with van der Waals surface area (Å²) < 4.78 is 6.74. The molecule has 2 nitrogen and oxygen atoms in total. The molecule has 2 aromatic carbocycles. The molecule has 0 aliphatic carbocycles. The van der Waals surface area contributed by atoms with E-state index in [-0.39, 0.29) is 0 Å². The average molecular weight is 359 g/mol. The minimum absolute atomic E-state index is 0.466. The summed E-state index contributed by atoms with van der Waals surface area (Å²) in [6.45, 7) is 0. The van der Waals surface area contributed by atoms with E-state index >= 15 is 0 Å². The minimum Gasteiger partial charge on any atom is -0.457 e. The van der Waals surface area contributed by atoms with Gasteiger partial charge in [0, 0.05) is 14.7 Å². The molecule has 2 aromatic rings. The van der Waals surface area contributed by atoms with Gasteiger partial charge in [-0.2, -0.15) is 0 Å². The molecule has 0 aliphatic heterocycles. The van der Waals surface area contributed by atoms with Gasteiger partial charge >= 0.3 is 0 Å². The lowest BCUT2D eigenvalue weighted by atomic mass is 10.2. The van der Waals surface area contributed by atoms with Crippen LogP contribution in [-0.4, -0.2) is 6.29 Å². The van der Waals surface area contributed by atoms with Gasteiger partial charge in [0.1, 0.15) is 11.5 Å². The number of aldehydes is 1. The number of rotatable bonds is 3. The molecule has 4 heteroatoms. The number of ether oxygens (including phenoxy) is 1. The molecule has 0 fully saturated rings. The van der Waals surface area contributed by atoms with E-state index in [9.17, 15) is 4.79 Å². The summed E-state index contributed by atoms with van der Waals surface area (Å²) >= 11 is 8.08. The van der Waals surface area contributed by atoms with Crippen LogP contribution in [-0.2, 0) is 0 Å². The van der Waals surface area contributed by atoms with E-state index in [2.05, 4.69) is 22.6 Å². The van der Waals surface area contributed by atoms with E-state index in [1.807, 2.05) is 24.3 Å². The highest BCUT2D eigenvalue weighted by atomic mass is 127. The quantitative estimate of drug-likeness (QED) is 0.594. The van der Waals surface area contributed by atoms with Crippen LogP contribution >= 0.6 is 34.2 Å². The highest BCUT2D eigenvalue weighted by Gasteiger charge is 2.05. The largest absolute Gasteiger partial charge is 0.457 e. The molecular weight excluding hydrogens is 350 g/mol. The van der Waals surface area contributed by atoms with E-state index in [0.29, 0.717) is 22.1 Å². The van der Waals surface area contributed by atoms with Crippen molar-refractivity contribution in [3.05, 3.63) is 56.6 Å². The summed E-state index contributed by atoms with van der Waals surface area (Å²) in [6.07, 6.45) is 0.748. The number of carbonyl (C=O) groups is 1. The third-order valence-electron chi connectivity index (χ3n) is 2.14. The van der Waals surface area contributed by atoms with Crippen LogP contribution in [0.4, 0.5) is 0 Å². The first-order valence-corrected chi connectivity index (χ1v) is 6.33. The van der Waals surface area contributed by atoms with E-state index in [1.165, 1.54) is 0 Å². The van der Waals surface area contributed by atoms with Gasteiger partial charge in [-0.1, -0.05) is 11.6 Å². The third-order valence-corrected chi connectivity index (χ3v) is 3.10. The number of halogens is 2. The second-order valence-corrected chi connectivity index (χ2v) is 5.04. The van der Waals surface area contributed by atoms with E-state index < -0.39 is 0 Å². The summed E-state index contributed by atoms with van der Waals surface area (Å²) in [5.41, 5.74) is 0.480. The number of hydrogen-bond acceptors (Lipinski definition) is 2. The van der Waals surface area contributed by atoms with Gasteiger partial charge in [-0.05, 0) is 59.0 Å². The van der Waals surface area contributed by atoms with Crippen molar-refractivity contribution in [2.75, 3.05) is 0 Å². The van der Waals surface area contributed by atoms with Crippen molar-refractivity contribution in [3.63, 3.8) is 0 Å².